The van der Waals surface area contributed by atoms with Crippen LogP contribution < -0.4 is 16.0 Å². The number of fused-ring (bicyclic) bond motifs is 1. The highest BCUT2D eigenvalue weighted by atomic mass is 19.1. The number of pyridine rings is 1. The number of hydrogen-bond acceptors (Lipinski definition) is 6. The van der Waals surface area contributed by atoms with E-state index in [1.165, 1.54) is 6.07 Å². The molecule has 0 saturated heterocycles. The first-order chi connectivity index (χ1) is 17.1. The van der Waals surface area contributed by atoms with Crippen molar-refractivity contribution < 1.29 is 4.39 Å². The fourth-order valence-electron chi connectivity index (χ4n) is 4.40. The molecule has 1 aliphatic rings. The highest BCUT2D eigenvalue weighted by Gasteiger charge is 2.29. The van der Waals surface area contributed by atoms with Crippen LogP contribution in [0.15, 0.2) is 73.2 Å². The molecule has 2 atom stereocenters. The number of nitrogens with zero attached hydrogens (tertiary/aromatic N) is 4. The standard InChI is InChI=1S/C27H26FN7/c1-35-17-21(15-33-35)20-12-24-27(32-14-20)34-25(16-31-24)26(22-4-2-3-5-23(22)28)30-11-10-18-6-8-19(13-29)9-7-18/h2-9,12,14-15,17,25-26,30-31H,10-11,16H2,1H3,(H,32,34)/t25-,26+/m1/s1. The predicted molar refractivity (Wildman–Crippen MR) is 134 cm³/mol. The van der Waals surface area contributed by atoms with Crippen molar-refractivity contribution in [3.63, 3.8) is 0 Å². The average molecular weight is 468 g/mol. The van der Waals surface area contributed by atoms with Crippen molar-refractivity contribution in [1.29, 1.82) is 5.26 Å². The van der Waals surface area contributed by atoms with Gasteiger partial charge in [0.1, 0.15) is 11.6 Å². The summed E-state index contributed by atoms with van der Waals surface area (Å²) in [5, 5.41) is 23.8. The maximum absolute atomic E-state index is 14.8. The van der Waals surface area contributed by atoms with Gasteiger partial charge in [-0.1, -0.05) is 30.3 Å². The minimum atomic E-state index is -0.268. The number of rotatable bonds is 7. The topological polar surface area (TPSA) is 90.6 Å². The summed E-state index contributed by atoms with van der Waals surface area (Å²) < 4.78 is 16.6. The van der Waals surface area contributed by atoms with E-state index in [0.29, 0.717) is 24.2 Å². The largest absolute Gasteiger partial charge is 0.380 e. The molecule has 2 aromatic heterocycles. The third-order valence-electron chi connectivity index (χ3n) is 6.26. The summed E-state index contributed by atoms with van der Waals surface area (Å²) in [7, 11) is 1.89. The zero-order valence-corrected chi connectivity index (χ0v) is 19.4. The first kappa shape index (κ1) is 22.6. The normalized spacial score (nSPS) is 15.4. The Morgan fingerprint density at radius 2 is 2.00 bits per heavy atom. The number of aryl methyl sites for hydroxylation is 1. The molecule has 2 aromatic carbocycles. The summed E-state index contributed by atoms with van der Waals surface area (Å²) in [5.74, 6) is 0.500. The van der Waals surface area contributed by atoms with Crippen LogP contribution in [0.4, 0.5) is 15.9 Å². The number of halogens is 1. The van der Waals surface area contributed by atoms with Crippen molar-refractivity contribution in [3.8, 4) is 17.2 Å². The molecule has 8 heteroatoms. The fourth-order valence-corrected chi connectivity index (χ4v) is 4.40. The molecule has 4 aromatic rings. The van der Waals surface area contributed by atoms with Crippen molar-refractivity contribution in [3.05, 3.63) is 95.7 Å². The quantitative estimate of drug-likeness (QED) is 0.376. The molecule has 1 aliphatic heterocycles. The van der Waals surface area contributed by atoms with Crippen molar-refractivity contribution in [2.75, 3.05) is 23.7 Å². The molecule has 0 radical (unpaired) electrons. The van der Waals surface area contributed by atoms with Crippen LogP contribution in [0, 0.1) is 17.1 Å². The lowest BCUT2D eigenvalue weighted by Gasteiger charge is -2.34. The summed E-state index contributed by atoms with van der Waals surface area (Å²) in [5.41, 5.74) is 5.26. The van der Waals surface area contributed by atoms with E-state index in [1.54, 1.807) is 10.7 Å². The second-order valence-electron chi connectivity index (χ2n) is 8.67. The van der Waals surface area contributed by atoms with Crippen LogP contribution in [0.1, 0.15) is 22.7 Å². The Morgan fingerprint density at radius 3 is 2.74 bits per heavy atom. The van der Waals surface area contributed by atoms with Gasteiger partial charge >= 0.3 is 0 Å². The molecular weight excluding hydrogens is 441 g/mol. The van der Waals surface area contributed by atoms with Crippen LogP contribution in [-0.2, 0) is 13.5 Å². The molecule has 7 nitrogen and oxygen atoms in total. The van der Waals surface area contributed by atoms with E-state index in [2.05, 4.69) is 38.2 Å². The molecule has 0 amide bonds. The van der Waals surface area contributed by atoms with E-state index < -0.39 is 0 Å². The van der Waals surface area contributed by atoms with Crippen molar-refractivity contribution >= 4 is 11.5 Å². The third kappa shape index (κ3) is 5.00. The van der Waals surface area contributed by atoms with Gasteiger partial charge in [-0.25, -0.2) is 9.37 Å². The van der Waals surface area contributed by atoms with E-state index in [4.69, 9.17) is 5.26 Å². The van der Waals surface area contributed by atoms with Gasteiger partial charge in [0.2, 0.25) is 0 Å². The SMILES string of the molecule is Cn1cc(-c2cnc3c(c2)NC[C@H]([C@@H](NCCc2ccc(C#N)cc2)c2ccccc2F)N3)cn1. The molecule has 0 saturated carbocycles. The molecule has 3 heterocycles. The number of hydrogen-bond donors (Lipinski definition) is 3. The van der Waals surface area contributed by atoms with Gasteiger partial charge in [-0.3, -0.25) is 4.68 Å². The maximum atomic E-state index is 14.8. The molecule has 176 valence electrons. The van der Waals surface area contributed by atoms with Crippen molar-refractivity contribution in [2.24, 2.45) is 7.05 Å². The lowest BCUT2D eigenvalue weighted by molar-refractivity contribution is 0.451. The highest BCUT2D eigenvalue weighted by molar-refractivity contribution is 5.75. The first-order valence-corrected chi connectivity index (χ1v) is 11.6. The van der Waals surface area contributed by atoms with Gasteiger partial charge in [-0.05, 0) is 42.8 Å². The van der Waals surface area contributed by atoms with Gasteiger partial charge in [0.05, 0.1) is 35.6 Å². The van der Waals surface area contributed by atoms with Crippen LogP contribution in [0.3, 0.4) is 0 Å². The molecular formula is C27H26FN7. The summed E-state index contributed by atoms with van der Waals surface area (Å²) in [6.07, 6.45) is 6.35. The summed E-state index contributed by atoms with van der Waals surface area (Å²) >= 11 is 0. The zero-order valence-electron chi connectivity index (χ0n) is 19.4. The van der Waals surface area contributed by atoms with Gasteiger partial charge in [0, 0.05) is 42.7 Å². The molecule has 0 aliphatic carbocycles. The van der Waals surface area contributed by atoms with E-state index in [9.17, 15) is 4.39 Å². The minimum Gasteiger partial charge on any atom is -0.380 e. The van der Waals surface area contributed by atoms with Crippen molar-refractivity contribution in [2.45, 2.75) is 18.5 Å². The van der Waals surface area contributed by atoms with Crippen LogP contribution in [-0.4, -0.2) is 33.9 Å². The Bertz CT molecular complexity index is 1360. The van der Waals surface area contributed by atoms with E-state index in [1.807, 2.05) is 62.0 Å². The lowest BCUT2D eigenvalue weighted by atomic mass is 9.96. The minimum absolute atomic E-state index is 0.114. The van der Waals surface area contributed by atoms with Gasteiger partial charge in [0.25, 0.3) is 0 Å². The van der Waals surface area contributed by atoms with Gasteiger partial charge in [-0.15, -0.1) is 0 Å². The van der Waals surface area contributed by atoms with E-state index >= 15 is 0 Å². The molecule has 0 bridgehead atoms. The van der Waals surface area contributed by atoms with Crippen LogP contribution in [0.5, 0.6) is 0 Å². The molecule has 0 fully saturated rings. The summed E-state index contributed by atoms with van der Waals surface area (Å²) in [4.78, 5) is 4.64. The highest BCUT2D eigenvalue weighted by Crippen LogP contribution is 2.32. The molecule has 0 spiro atoms. The Kier molecular flexibility index (Phi) is 6.42. The molecule has 35 heavy (non-hydrogen) atoms. The summed E-state index contributed by atoms with van der Waals surface area (Å²) in [6.45, 7) is 1.26. The van der Waals surface area contributed by atoms with Crippen LogP contribution in [0.2, 0.25) is 0 Å². The summed E-state index contributed by atoms with van der Waals surface area (Å²) in [6, 6.07) is 18.2. The Morgan fingerprint density at radius 1 is 1.17 bits per heavy atom. The van der Waals surface area contributed by atoms with E-state index in [-0.39, 0.29) is 17.9 Å². The van der Waals surface area contributed by atoms with Crippen LogP contribution in [0.25, 0.3) is 11.1 Å². The Balaban J connectivity index is 1.33. The molecule has 5 rings (SSSR count). The van der Waals surface area contributed by atoms with Crippen molar-refractivity contribution in [1.82, 2.24) is 20.1 Å². The van der Waals surface area contributed by atoms with E-state index in [0.717, 1.165) is 34.6 Å². The number of benzene rings is 2. The van der Waals surface area contributed by atoms with Gasteiger partial charge in [-0.2, -0.15) is 10.4 Å². The zero-order chi connectivity index (χ0) is 24.2. The fraction of sp³-hybridized carbons (Fsp3) is 0.222. The molecule has 0 unspecified atom stereocenters. The molecule has 3 N–H and O–H groups in total. The van der Waals surface area contributed by atoms with Gasteiger partial charge in [0.15, 0.2) is 0 Å². The maximum Gasteiger partial charge on any atom is 0.149 e. The second-order valence-corrected chi connectivity index (χ2v) is 8.67. The second kappa shape index (κ2) is 9.95. The Hall–Kier alpha value is -4.22. The monoisotopic (exact) mass is 467 g/mol. The number of nitrogens with one attached hydrogen (secondary N) is 3. The number of anilines is 2. The smallest absolute Gasteiger partial charge is 0.149 e. The predicted octanol–water partition coefficient (Wildman–Crippen LogP) is 4.27. The number of nitriles is 1. The lowest BCUT2D eigenvalue weighted by Crippen LogP contribution is -2.45. The Labute approximate surface area is 203 Å². The average Bonchev–Trinajstić information content (AvgIpc) is 3.33. The van der Waals surface area contributed by atoms with Crippen LogP contribution >= 0.6 is 0 Å². The van der Waals surface area contributed by atoms with Gasteiger partial charge < -0.3 is 16.0 Å². The first-order valence-electron chi connectivity index (χ1n) is 11.6. The number of aromatic nitrogens is 3. The third-order valence-corrected chi connectivity index (χ3v) is 6.26.